The van der Waals surface area contributed by atoms with E-state index in [1.165, 1.54) is 9.71 Å². The van der Waals surface area contributed by atoms with Gasteiger partial charge in [-0.3, -0.25) is 4.79 Å². The standard InChI is InChI=1S/C20H22N2O4S/c1-26-19-9-5-8-18(16-19)20(23)21-11-13-22(14-12-21)27(24,25)15-10-17-6-3-2-4-7-17/h2-10,15-16H,11-14H2,1H3/b15-10+. The molecule has 3 rings (SSSR count). The number of hydrogen-bond acceptors (Lipinski definition) is 4. The molecule has 0 bridgehead atoms. The third-order valence-electron chi connectivity index (χ3n) is 4.43. The van der Waals surface area contributed by atoms with Crippen molar-refractivity contribution >= 4 is 22.0 Å². The molecule has 1 heterocycles. The molecule has 1 aliphatic rings. The van der Waals surface area contributed by atoms with Crippen molar-refractivity contribution in [3.05, 3.63) is 71.1 Å². The van der Waals surface area contributed by atoms with Gasteiger partial charge in [-0.05, 0) is 29.8 Å². The van der Waals surface area contributed by atoms with Crippen LogP contribution < -0.4 is 4.74 Å². The Labute approximate surface area is 159 Å². The lowest BCUT2D eigenvalue weighted by molar-refractivity contribution is 0.0698. The summed E-state index contributed by atoms with van der Waals surface area (Å²) in [7, 11) is -1.96. The lowest BCUT2D eigenvalue weighted by Gasteiger charge is -2.33. The van der Waals surface area contributed by atoms with Gasteiger partial charge in [0.25, 0.3) is 5.91 Å². The molecule has 6 nitrogen and oxygen atoms in total. The topological polar surface area (TPSA) is 66.9 Å². The molecular weight excluding hydrogens is 364 g/mol. The number of amides is 1. The van der Waals surface area contributed by atoms with Crippen LogP contribution in [0.15, 0.2) is 60.0 Å². The average Bonchev–Trinajstić information content (AvgIpc) is 2.72. The van der Waals surface area contributed by atoms with Gasteiger partial charge in [-0.25, -0.2) is 8.42 Å². The van der Waals surface area contributed by atoms with Gasteiger partial charge in [0.2, 0.25) is 10.0 Å². The quantitative estimate of drug-likeness (QED) is 0.792. The van der Waals surface area contributed by atoms with E-state index in [0.717, 1.165) is 5.56 Å². The number of hydrogen-bond donors (Lipinski definition) is 0. The van der Waals surface area contributed by atoms with E-state index in [9.17, 15) is 13.2 Å². The van der Waals surface area contributed by atoms with Crippen LogP contribution >= 0.6 is 0 Å². The molecule has 0 aromatic heterocycles. The van der Waals surface area contributed by atoms with Crippen molar-refractivity contribution in [3.63, 3.8) is 0 Å². The molecule has 0 spiro atoms. The number of carbonyl (C=O) groups excluding carboxylic acids is 1. The summed E-state index contributed by atoms with van der Waals surface area (Å²) < 4.78 is 31.6. The summed E-state index contributed by atoms with van der Waals surface area (Å²) >= 11 is 0. The van der Waals surface area contributed by atoms with Crippen molar-refractivity contribution in [2.75, 3.05) is 33.3 Å². The first kappa shape index (κ1) is 19.1. The molecule has 7 heteroatoms. The Bertz CT molecular complexity index is 918. The Morgan fingerprint density at radius 2 is 1.70 bits per heavy atom. The van der Waals surface area contributed by atoms with Gasteiger partial charge in [0.05, 0.1) is 7.11 Å². The van der Waals surface area contributed by atoms with Crippen molar-refractivity contribution in [2.45, 2.75) is 0 Å². The highest BCUT2D eigenvalue weighted by Crippen LogP contribution is 2.17. The van der Waals surface area contributed by atoms with Gasteiger partial charge in [-0.15, -0.1) is 0 Å². The highest BCUT2D eigenvalue weighted by Gasteiger charge is 2.27. The van der Waals surface area contributed by atoms with Crippen molar-refractivity contribution in [2.24, 2.45) is 0 Å². The molecule has 2 aromatic carbocycles. The van der Waals surface area contributed by atoms with E-state index >= 15 is 0 Å². The van der Waals surface area contributed by atoms with E-state index in [4.69, 9.17) is 4.74 Å². The lowest BCUT2D eigenvalue weighted by Crippen LogP contribution is -2.50. The van der Waals surface area contributed by atoms with E-state index in [-0.39, 0.29) is 19.0 Å². The molecule has 0 saturated carbocycles. The fraction of sp³-hybridized carbons (Fsp3) is 0.250. The van der Waals surface area contributed by atoms with Crippen molar-refractivity contribution in [3.8, 4) is 5.75 Å². The van der Waals surface area contributed by atoms with E-state index in [0.29, 0.717) is 24.4 Å². The Kier molecular flexibility index (Phi) is 5.93. The van der Waals surface area contributed by atoms with E-state index in [1.54, 1.807) is 42.4 Å². The fourth-order valence-electron chi connectivity index (χ4n) is 2.90. The molecule has 142 valence electrons. The summed E-state index contributed by atoms with van der Waals surface area (Å²) in [6, 6.07) is 16.2. The van der Waals surface area contributed by atoms with Gasteiger partial charge in [-0.2, -0.15) is 4.31 Å². The highest BCUT2D eigenvalue weighted by molar-refractivity contribution is 7.92. The number of rotatable bonds is 5. The van der Waals surface area contributed by atoms with Gasteiger partial charge >= 0.3 is 0 Å². The molecule has 27 heavy (non-hydrogen) atoms. The van der Waals surface area contributed by atoms with E-state index < -0.39 is 10.0 Å². The molecule has 1 saturated heterocycles. The summed E-state index contributed by atoms with van der Waals surface area (Å²) in [5.74, 6) is 0.499. The van der Waals surface area contributed by atoms with Crippen molar-refractivity contribution in [1.29, 1.82) is 0 Å². The number of carbonyl (C=O) groups is 1. The Balaban J connectivity index is 1.62. The maximum Gasteiger partial charge on any atom is 0.254 e. The van der Waals surface area contributed by atoms with Crippen molar-refractivity contribution < 1.29 is 17.9 Å². The molecule has 0 aliphatic carbocycles. The van der Waals surface area contributed by atoms with Gasteiger partial charge in [0, 0.05) is 37.2 Å². The number of methoxy groups -OCH3 is 1. The Morgan fingerprint density at radius 3 is 2.37 bits per heavy atom. The summed E-state index contributed by atoms with van der Waals surface area (Å²) in [4.78, 5) is 14.3. The minimum atomic E-state index is -3.51. The maximum atomic E-state index is 12.6. The van der Waals surface area contributed by atoms with Gasteiger partial charge < -0.3 is 9.64 Å². The zero-order valence-corrected chi connectivity index (χ0v) is 15.9. The fourth-order valence-corrected chi connectivity index (χ4v) is 4.07. The molecular formula is C20H22N2O4S. The largest absolute Gasteiger partial charge is 0.497 e. The van der Waals surface area contributed by atoms with Crippen LogP contribution in [0.5, 0.6) is 5.75 Å². The molecule has 0 atom stereocenters. The predicted molar refractivity (Wildman–Crippen MR) is 105 cm³/mol. The summed E-state index contributed by atoms with van der Waals surface area (Å²) in [5, 5.41) is 1.22. The van der Waals surface area contributed by atoms with Gasteiger partial charge in [-0.1, -0.05) is 36.4 Å². The van der Waals surface area contributed by atoms with Crippen LogP contribution in [0.3, 0.4) is 0 Å². The monoisotopic (exact) mass is 386 g/mol. The molecule has 0 radical (unpaired) electrons. The zero-order valence-electron chi connectivity index (χ0n) is 15.1. The third kappa shape index (κ3) is 4.75. The Hall–Kier alpha value is -2.64. The van der Waals surface area contributed by atoms with E-state index in [1.807, 2.05) is 30.3 Å². The number of benzene rings is 2. The zero-order chi connectivity index (χ0) is 19.3. The van der Waals surface area contributed by atoms with Crippen LogP contribution in [0, 0.1) is 0 Å². The highest BCUT2D eigenvalue weighted by atomic mass is 32.2. The minimum Gasteiger partial charge on any atom is -0.497 e. The second kappa shape index (κ2) is 8.37. The molecule has 0 N–H and O–H groups in total. The molecule has 2 aromatic rings. The number of ether oxygens (including phenoxy) is 1. The second-order valence-electron chi connectivity index (χ2n) is 6.18. The van der Waals surface area contributed by atoms with E-state index in [2.05, 4.69) is 0 Å². The van der Waals surface area contributed by atoms with Crippen LogP contribution in [0.1, 0.15) is 15.9 Å². The summed E-state index contributed by atoms with van der Waals surface area (Å²) in [6.45, 7) is 1.26. The van der Waals surface area contributed by atoms with Crippen molar-refractivity contribution in [1.82, 2.24) is 9.21 Å². The molecule has 0 unspecified atom stereocenters. The first-order valence-corrected chi connectivity index (χ1v) is 10.2. The first-order valence-electron chi connectivity index (χ1n) is 8.66. The molecule has 1 amide bonds. The normalized spacial score (nSPS) is 15.8. The van der Waals surface area contributed by atoms with Gasteiger partial charge in [0.15, 0.2) is 0 Å². The van der Waals surface area contributed by atoms with Crippen LogP contribution in [0.2, 0.25) is 0 Å². The average molecular weight is 386 g/mol. The summed E-state index contributed by atoms with van der Waals surface area (Å²) in [5.41, 5.74) is 1.36. The second-order valence-corrected chi connectivity index (χ2v) is 8.00. The Morgan fingerprint density at radius 1 is 1.00 bits per heavy atom. The smallest absolute Gasteiger partial charge is 0.254 e. The minimum absolute atomic E-state index is 0.120. The maximum absolute atomic E-state index is 12.6. The summed E-state index contributed by atoms with van der Waals surface area (Å²) in [6.07, 6.45) is 1.59. The lowest BCUT2D eigenvalue weighted by atomic mass is 10.1. The predicted octanol–water partition coefficient (Wildman–Crippen LogP) is 2.45. The number of piperazine rings is 1. The third-order valence-corrected chi connectivity index (χ3v) is 6.00. The SMILES string of the molecule is COc1cccc(C(=O)N2CCN(S(=O)(=O)/C=C/c3ccccc3)CC2)c1. The first-order chi connectivity index (χ1) is 13.0. The van der Waals surface area contributed by atoms with Crippen LogP contribution in [-0.4, -0.2) is 56.8 Å². The number of sulfonamides is 1. The van der Waals surface area contributed by atoms with Crippen LogP contribution in [0.25, 0.3) is 6.08 Å². The number of nitrogens with zero attached hydrogens (tertiary/aromatic N) is 2. The van der Waals surface area contributed by atoms with Gasteiger partial charge in [0.1, 0.15) is 5.75 Å². The van der Waals surface area contributed by atoms with Crippen LogP contribution in [-0.2, 0) is 10.0 Å². The van der Waals surface area contributed by atoms with Crippen LogP contribution in [0.4, 0.5) is 0 Å². The molecule has 1 aliphatic heterocycles. The molecule has 1 fully saturated rings.